The van der Waals surface area contributed by atoms with E-state index in [0.717, 1.165) is 11.2 Å². The summed E-state index contributed by atoms with van der Waals surface area (Å²) in [6.45, 7) is 0. The van der Waals surface area contributed by atoms with E-state index in [-0.39, 0.29) is 5.41 Å². The van der Waals surface area contributed by atoms with Gasteiger partial charge in [0.15, 0.2) is 0 Å². The lowest BCUT2D eigenvalue weighted by Crippen LogP contribution is -2.52. The van der Waals surface area contributed by atoms with Crippen molar-refractivity contribution in [3.63, 3.8) is 0 Å². The maximum atomic E-state index is 6.65. The van der Waals surface area contributed by atoms with Gasteiger partial charge in [-0.3, -0.25) is 0 Å². The van der Waals surface area contributed by atoms with Gasteiger partial charge in [-0.1, -0.05) is 125 Å². The molecule has 0 aliphatic heterocycles. The van der Waals surface area contributed by atoms with E-state index in [4.69, 9.17) is 4.42 Å². The molecule has 3 unspecified atom stereocenters. The van der Waals surface area contributed by atoms with Crippen LogP contribution in [0.2, 0.25) is 0 Å². The fourth-order valence-electron chi connectivity index (χ4n) is 9.33. The fraction of sp³-hybridized carbons (Fsp3) is 0.0732. The Morgan fingerprint density at radius 1 is 0.535 bits per heavy atom. The first-order valence-corrected chi connectivity index (χ1v) is 15.8. The SMILES string of the molecule is Brc1ccc(-c2ccc3oc4c5ccccc5c5ccccc5c4c3c2)c2c1C1c3ccccc3C13c1ccccc1C23. The van der Waals surface area contributed by atoms with Gasteiger partial charge in [0.05, 0.1) is 0 Å². The third kappa shape index (κ3) is 2.47. The molecule has 1 nitrogen and oxygen atoms in total. The number of benzene rings is 7. The molecule has 0 N–H and O–H groups in total. The Labute approximate surface area is 256 Å². The normalized spacial score (nSPS) is 20.8. The fourth-order valence-corrected chi connectivity index (χ4v) is 9.90. The Hall–Kier alpha value is -4.66. The van der Waals surface area contributed by atoms with Gasteiger partial charge in [0.2, 0.25) is 0 Å². The van der Waals surface area contributed by atoms with Gasteiger partial charge in [-0.25, -0.2) is 0 Å². The second-order valence-electron chi connectivity index (χ2n) is 12.4. The summed E-state index contributed by atoms with van der Waals surface area (Å²) in [5.41, 5.74) is 13.5. The summed E-state index contributed by atoms with van der Waals surface area (Å²) in [5.74, 6) is 0.731. The standard InChI is InChI=1S/C41H23BrO/c42-33-19-18-23(36-37(33)39-29-14-6-8-16-32(29)41(39)31-15-7-5-13-28(31)38(36)41)22-17-20-34-30(21-22)35-26-11-3-1-9-24(26)25-10-2-4-12-27(25)40(35)43-34/h1-21,38-39H. The lowest BCUT2D eigenvalue weighted by Gasteiger charge is -2.58. The van der Waals surface area contributed by atoms with E-state index in [1.165, 1.54) is 81.3 Å². The number of hydrogen-bond acceptors (Lipinski definition) is 1. The number of halogens is 1. The lowest BCUT2D eigenvalue weighted by molar-refractivity contribution is 0.332. The quantitative estimate of drug-likeness (QED) is 0.168. The largest absolute Gasteiger partial charge is 0.455 e. The molecule has 0 bridgehead atoms. The maximum Gasteiger partial charge on any atom is 0.143 e. The summed E-state index contributed by atoms with van der Waals surface area (Å²) < 4.78 is 7.87. The highest BCUT2D eigenvalue weighted by Crippen LogP contribution is 2.78. The van der Waals surface area contributed by atoms with Gasteiger partial charge < -0.3 is 4.42 Å². The third-order valence-electron chi connectivity index (χ3n) is 10.8. The molecule has 3 aliphatic rings. The Morgan fingerprint density at radius 2 is 1.14 bits per heavy atom. The summed E-state index contributed by atoms with van der Waals surface area (Å²) in [5, 5.41) is 7.30. The van der Waals surface area contributed by atoms with Crippen molar-refractivity contribution in [2.24, 2.45) is 0 Å². The summed E-state index contributed by atoms with van der Waals surface area (Å²) in [6.07, 6.45) is 0. The average molecular weight is 612 g/mol. The minimum Gasteiger partial charge on any atom is -0.455 e. The average Bonchev–Trinajstić information content (AvgIpc) is 3.53. The first kappa shape index (κ1) is 22.9. The van der Waals surface area contributed by atoms with Crippen LogP contribution in [0.25, 0.3) is 54.6 Å². The number of furan rings is 1. The zero-order valence-electron chi connectivity index (χ0n) is 23.1. The second kappa shape index (κ2) is 7.64. The molecular weight excluding hydrogens is 588 g/mol. The molecule has 43 heavy (non-hydrogen) atoms. The predicted octanol–water partition coefficient (Wildman–Crippen LogP) is 11.2. The zero-order chi connectivity index (χ0) is 28.0. The zero-order valence-corrected chi connectivity index (χ0v) is 24.7. The van der Waals surface area contributed by atoms with Crippen LogP contribution < -0.4 is 0 Å². The van der Waals surface area contributed by atoms with Crippen LogP contribution in [0, 0.1) is 0 Å². The van der Waals surface area contributed by atoms with E-state index in [9.17, 15) is 0 Å². The van der Waals surface area contributed by atoms with E-state index in [1.54, 1.807) is 0 Å². The Morgan fingerprint density at radius 3 is 1.88 bits per heavy atom. The molecule has 3 aliphatic carbocycles. The van der Waals surface area contributed by atoms with Crippen molar-refractivity contribution in [3.05, 3.63) is 165 Å². The van der Waals surface area contributed by atoms with Gasteiger partial charge in [0.1, 0.15) is 11.2 Å². The number of fused-ring (bicyclic) bond motifs is 15. The van der Waals surface area contributed by atoms with Crippen molar-refractivity contribution >= 4 is 59.4 Å². The Bertz CT molecular complexity index is 2550. The van der Waals surface area contributed by atoms with Crippen LogP contribution in [0.15, 0.2) is 136 Å². The molecule has 1 aromatic heterocycles. The lowest BCUT2D eigenvalue weighted by atomic mass is 9.43. The summed E-state index contributed by atoms with van der Waals surface area (Å²) in [6, 6.07) is 47.1. The van der Waals surface area contributed by atoms with Crippen molar-refractivity contribution < 1.29 is 4.42 Å². The number of rotatable bonds is 1. The van der Waals surface area contributed by atoms with E-state index in [1.807, 2.05) is 0 Å². The van der Waals surface area contributed by atoms with E-state index < -0.39 is 0 Å². The van der Waals surface area contributed by atoms with Crippen LogP contribution in [0.5, 0.6) is 0 Å². The molecule has 0 radical (unpaired) electrons. The Balaban J connectivity index is 1.22. The second-order valence-corrected chi connectivity index (χ2v) is 13.3. The Kier molecular flexibility index (Phi) is 4.06. The van der Waals surface area contributed by atoms with Crippen LogP contribution in [-0.4, -0.2) is 0 Å². The molecule has 200 valence electrons. The molecule has 1 spiro atoms. The molecule has 1 heterocycles. The van der Waals surface area contributed by atoms with Crippen molar-refractivity contribution in [1.29, 1.82) is 0 Å². The first-order valence-electron chi connectivity index (χ1n) is 15.0. The molecule has 0 amide bonds. The summed E-state index contributed by atoms with van der Waals surface area (Å²) >= 11 is 4.03. The first-order chi connectivity index (χ1) is 21.3. The minimum absolute atomic E-state index is 0.0374. The minimum atomic E-state index is 0.0374. The van der Waals surface area contributed by atoms with Gasteiger partial charge in [-0.2, -0.15) is 0 Å². The van der Waals surface area contributed by atoms with Crippen molar-refractivity contribution in [3.8, 4) is 11.1 Å². The highest BCUT2D eigenvalue weighted by Gasteiger charge is 2.70. The smallest absolute Gasteiger partial charge is 0.143 e. The molecular formula is C41H23BrO. The maximum absolute atomic E-state index is 6.65. The van der Waals surface area contributed by atoms with Crippen LogP contribution >= 0.6 is 15.9 Å². The van der Waals surface area contributed by atoms with Gasteiger partial charge in [0, 0.05) is 37.9 Å². The molecule has 3 atom stereocenters. The molecule has 8 aromatic rings. The van der Waals surface area contributed by atoms with Gasteiger partial charge >= 0.3 is 0 Å². The van der Waals surface area contributed by atoms with Crippen molar-refractivity contribution in [2.45, 2.75) is 17.3 Å². The van der Waals surface area contributed by atoms with E-state index in [0.29, 0.717) is 11.8 Å². The number of hydrogen-bond donors (Lipinski definition) is 0. The topological polar surface area (TPSA) is 13.1 Å². The predicted molar refractivity (Wildman–Crippen MR) is 179 cm³/mol. The van der Waals surface area contributed by atoms with Crippen LogP contribution in [0.4, 0.5) is 0 Å². The molecule has 0 fully saturated rings. The monoisotopic (exact) mass is 610 g/mol. The molecule has 0 saturated heterocycles. The summed E-state index contributed by atoms with van der Waals surface area (Å²) in [4.78, 5) is 0. The molecule has 11 rings (SSSR count). The van der Waals surface area contributed by atoms with Gasteiger partial charge in [0.25, 0.3) is 0 Å². The van der Waals surface area contributed by atoms with Crippen molar-refractivity contribution in [2.75, 3.05) is 0 Å². The highest BCUT2D eigenvalue weighted by molar-refractivity contribution is 9.10. The van der Waals surface area contributed by atoms with E-state index in [2.05, 4.69) is 143 Å². The van der Waals surface area contributed by atoms with E-state index >= 15 is 0 Å². The van der Waals surface area contributed by atoms with Crippen LogP contribution in [0.1, 0.15) is 45.2 Å². The van der Waals surface area contributed by atoms with Crippen LogP contribution in [0.3, 0.4) is 0 Å². The van der Waals surface area contributed by atoms with Gasteiger partial charge in [-0.15, -0.1) is 0 Å². The van der Waals surface area contributed by atoms with Gasteiger partial charge in [-0.05, 0) is 78.9 Å². The highest BCUT2D eigenvalue weighted by atomic mass is 79.9. The molecule has 2 heteroatoms. The molecule has 7 aromatic carbocycles. The molecule has 0 saturated carbocycles. The van der Waals surface area contributed by atoms with Crippen LogP contribution in [-0.2, 0) is 5.41 Å². The van der Waals surface area contributed by atoms with Crippen molar-refractivity contribution in [1.82, 2.24) is 0 Å². The third-order valence-corrected chi connectivity index (χ3v) is 11.5. The summed E-state index contributed by atoms with van der Waals surface area (Å²) in [7, 11) is 0.